The van der Waals surface area contributed by atoms with E-state index in [-0.39, 0.29) is 71.9 Å². The molecule has 18 heteroatoms. The van der Waals surface area contributed by atoms with Crippen molar-refractivity contribution in [3.63, 3.8) is 0 Å². The largest absolute Gasteiger partial charge is 0.481 e. The van der Waals surface area contributed by atoms with E-state index >= 15 is 0 Å². The van der Waals surface area contributed by atoms with Crippen molar-refractivity contribution in [2.75, 3.05) is 112 Å². The second-order valence-electron chi connectivity index (χ2n) is 8.81. The smallest absolute Gasteiger partial charge is 0.313 e. The number of aliphatic hydroxyl groups is 1. The molecule has 0 aliphatic heterocycles. The number of hydrogen-bond donors (Lipinski definition) is 2. The van der Waals surface area contributed by atoms with Gasteiger partial charge in [0.05, 0.1) is 125 Å². The number of rotatable bonds is 31. The molecule has 0 bridgehead atoms. The Morgan fingerprint density at radius 3 is 1.28 bits per heavy atom. The Hall–Kier alpha value is -2.52. The zero-order chi connectivity index (χ0) is 33.8. The van der Waals surface area contributed by atoms with Crippen molar-refractivity contribution in [1.82, 2.24) is 0 Å². The summed E-state index contributed by atoms with van der Waals surface area (Å²) in [5, 5.41) is 17.8. The summed E-state index contributed by atoms with van der Waals surface area (Å²) >= 11 is 0. The summed E-state index contributed by atoms with van der Waals surface area (Å²) in [6.07, 6.45) is -1.35. The molecule has 0 amide bonds. The van der Waals surface area contributed by atoms with Crippen molar-refractivity contribution in [2.24, 2.45) is 0 Å². The van der Waals surface area contributed by atoms with Gasteiger partial charge in [0.15, 0.2) is 17.9 Å². The molecule has 1 unspecified atom stereocenters. The Morgan fingerprint density at radius 1 is 0.565 bits per heavy atom. The van der Waals surface area contributed by atoms with Crippen molar-refractivity contribution < 1.29 is 84.7 Å². The Labute approximate surface area is 263 Å². The minimum atomic E-state index is -1.82. The fraction of sp³-hybridized carbons (Fsp3) is 0.714. The van der Waals surface area contributed by atoms with Crippen LogP contribution in [0.25, 0.3) is 0 Å². The molecule has 0 aliphatic carbocycles. The maximum Gasteiger partial charge on any atom is 0.313 e. The summed E-state index contributed by atoms with van der Waals surface area (Å²) in [4.78, 5) is 22.0. The van der Waals surface area contributed by atoms with Crippen LogP contribution in [-0.4, -0.2) is 141 Å². The van der Waals surface area contributed by atoms with Crippen LogP contribution < -0.4 is 4.74 Å². The summed E-state index contributed by atoms with van der Waals surface area (Å²) in [5.41, 5.74) is 0. The molecular formula is C28H42F4O14. The zero-order valence-electron chi connectivity index (χ0n) is 25.4. The van der Waals surface area contributed by atoms with Gasteiger partial charge in [-0.25, -0.2) is 8.78 Å². The average molecular weight is 679 g/mol. The maximum absolute atomic E-state index is 13.5. The number of carboxylic acids is 1. The molecule has 2 N–H and O–H groups in total. The lowest BCUT2D eigenvalue weighted by molar-refractivity contribution is -0.176. The van der Waals surface area contributed by atoms with Crippen LogP contribution in [-0.2, 0) is 52.2 Å². The number of carbonyl (C=O) groups excluding carboxylic acids is 1. The van der Waals surface area contributed by atoms with Gasteiger partial charge in [0.2, 0.25) is 17.4 Å². The van der Waals surface area contributed by atoms with Crippen LogP contribution in [0.15, 0.2) is 6.07 Å². The highest BCUT2D eigenvalue weighted by Crippen LogP contribution is 2.26. The molecule has 0 heterocycles. The molecule has 46 heavy (non-hydrogen) atoms. The van der Waals surface area contributed by atoms with Crippen molar-refractivity contribution in [2.45, 2.75) is 19.1 Å². The molecule has 266 valence electrons. The van der Waals surface area contributed by atoms with E-state index in [0.717, 1.165) is 0 Å². The number of carbonyl (C=O) groups is 2. The second kappa shape index (κ2) is 27.6. The summed E-state index contributed by atoms with van der Waals surface area (Å²) in [5.74, 6) is -10.5. The molecule has 0 saturated heterocycles. The lowest BCUT2D eigenvalue weighted by atomic mass is 10.3. The topological polar surface area (TPSA) is 167 Å². The van der Waals surface area contributed by atoms with Gasteiger partial charge in [-0.1, -0.05) is 0 Å². The van der Waals surface area contributed by atoms with Gasteiger partial charge in [-0.3, -0.25) is 9.59 Å². The zero-order valence-corrected chi connectivity index (χ0v) is 25.4. The van der Waals surface area contributed by atoms with Gasteiger partial charge in [-0.05, 0) is 0 Å². The van der Waals surface area contributed by atoms with E-state index in [0.29, 0.717) is 52.9 Å². The molecule has 1 atom stereocenters. The van der Waals surface area contributed by atoms with Gasteiger partial charge in [0, 0.05) is 6.07 Å². The SMILES string of the molecule is O=C(O)CCOCCOCCOCCOCCOCCOC(CO)OCCOCCOCCC(=O)Oc1c(F)c(F)cc(F)c1F. The van der Waals surface area contributed by atoms with Gasteiger partial charge in [0.25, 0.3) is 0 Å². The molecule has 1 rings (SSSR count). The highest BCUT2D eigenvalue weighted by Gasteiger charge is 2.23. The Bertz CT molecular complexity index is 933. The van der Waals surface area contributed by atoms with Gasteiger partial charge in [0.1, 0.15) is 0 Å². The fourth-order valence-corrected chi connectivity index (χ4v) is 3.05. The molecule has 0 fully saturated rings. The van der Waals surface area contributed by atoms with Crippen LogP contribution in [0.2, 0.25) is 0 Å². The molecule has 0 aliphatic rings. The van der Waals surface area contributed by atoms with Gasteiger partial charge in [-0.2, -0.15) is 8.78 Å². The molecule has 0 aromatic heterocycles. The Kier molecular flexibility index (Phi) is 24.9. The van der Waals surface area contributed by atoms with E-state index < -0.39 is 53.7 Å². The van der Waals surface area contributed by atoms with Crippen LogP contribution in [0.3, 0.4) is 0 Å². The van der Waals surface area contributed by atoms with E-state index in [2.05, 4.69) is 4.74 Å². The lowest BCUT2D eigenvalue weighted by Gasteiger charge is -2.16. The maximum atomic E-state index is 13.5. The Morgan fingerprint density at radius 2 is 0.913 bits per heavy atom. The molecular weight excluding hydrogens is 636 g/mol. The van der Waals surface area contributed by atoms with Gasteiger partial charge in [-0.15, -0.1) is 0 Å². The highest BCUT2D eigenvalue weighted by molar-refractivity contribution is 5.72. The summed E-state index contributed by atoms with van der Waals surface area (Å²) in [6.45, 7) is 3.33. The highest BCUT2D eigenvalue weighted by atomic mass is 19.2. The first-order chi connectivity index (χ1) is 22.3. The van der Waals surface area contributed by atoms with E-state index in [4.69, 9.17) is 47.7 Å². The van der Waals surface area contributed by atoms with Crippen LogP contribution in [0.4, 0.5) is 17.6 Å². The lowest BCUT2D eigenvalue weighted by Crippen LogP contribution is -2.25. The molecule has 1 aromatic carbocycles. The summed E-state index contributed by atoms with van der Waals surface area (Å²) in [7, 11) is 0. The Balaban J connectivity index is 1.87. The van der Waals surface area contributed by atoms with Crippen LogP contribution in [0, 0.1) is 23.3 Å². The van der Waals surface area contributed by atoms with Crippen molar-refractivity contribution in [3.8, 4) is 5.75 Å². The second-order valence-corrected chi connectivity index (χ2v) is 8.81. The first-order valence-corrected chi connectivity index (χ1v) is 14.4. The van der Waals surface area contributed by atoms with E-state index in [1.165, 1.54) is 0 Å². The quantitative estimate of drug-likeness (QED) is 0.0290. The number of aliphatic carboxylic acids is 1. The minimum Gasteiger partial charge on any atom is -0.481 e. The normalized spacial score (nSPS) is 12.0. The number of ether oxygens (including phenoxy) is 10. The van der Waals surface area contributed by atoms with Gasteiger partial charge >= 0.3 is 11.9 Å². The standard InChI is InChI=1S/C28H42F4O14/c29-21-19-22(30)27(32)28(26(21)31)46-24(36)2-4-38-6-8-42-15-17-44-25(20-33)45-18-16-43-14-13-41-12-11-40-10-9-39-7-5-37-3-1-23(34)35/h19,25,33H,1-18,20H2,(H,34,35). The first kappa shape index (κ1) is 41.5. The molecule has 1 aromatic rings. The van der Waals surface area contributed by atoms with E-state index in [1.807, 2.05) is 0 Å². The third-order valence-electron chi connectivity index (χ3n) is 5.27. The van der Waals surface area contributed by atoms with E-state index in [1.54, 1.807) is 0 Å². The number of aliphatic hydroxyl groups excluding tert-OH is 1. The predicted octanol–water partition coefficient (Wildman–Crippen LogP) is 1.48. The van der Waals surface area contributed by atoms with Crippen molar-refractivity contribution in [3.05, 3.63) is 29.3 Å². The third-order valence-corrected chi connectivity index (χ3v) is 5.27. The fourth-order valence-electron chi connectivity index (χ4n) is 3.05. The predicted molar refractivity (Wildman–Crippen MR) is 147 cm³/mol. The van der Waals surface area contributed by atoms with Crippen LogP contribution >= 0.6 is 0 Å². The number of hydrogen-bond acceptors (Lipinski definition) is 13. The first-order valence-electron chi connectivity index (χ1n) is 14.4. The molecule has 0 radical (unpaired) electrons. The van der Waals surface area contributed by atoms with Crippen LogP contribution in [0.1, 0.15) is 12.8 Å². The van der Waals surface area contributed by atoms with E-state index in [9.17, 15) is 32.3 Å². The number of esters is 1. The number of benzene rings is 1. The van der Waals surface area contributed by atoms with Gasteiger partial charge < -0.3 is 57.6 Å². The van der Waals surface area contributed by atoms with Crippen LogP contribution in [0.5, 0.6) is 5.75 Å². The third kappa shape index (κ3) is 21.3. The average Bonchev–Trinajstić information content (AvgIpc) is 3.03. The summed E-state index contributed by atoms with van der Waals surface area (Å²) < 4.78 is 105. The molecule has 0 saturated carbocycles. The van der Waals surface area contributed by atoms with Crippen molar-refractivity contribution >= 4 is 11.9 Å². The van der Waals surface area contributed by atoms with Crippen molar-refractivity contribution in [1.29, 1.82) is 0 Å². The minimum absolute atomic E-state index is 0.000643. The molecule has 14 nitrogen and oxygen atoms in total. The summed E-state index contributed by atoms with van der Waals surface area (Å²) in [6, 6.07) is 0.000643. The molecule has 0 spiro atoms. The monoisotopic (exact) mass is 678 g/mol. The number of halogens is 4. The number of carboxylic acid groups (broad SMARTS) is 1.